The summed E-state index contributed by atoms with van der Waals surface area (Å²) < 4.78 is 34.6. The van der Waals surface area contributed by atoms with Crippen LogP contribution in [0.1, 0.15) is 17.3 Å². The van der Waals surface area contributed by atoms with E-state index in [-0.39, 0.29) is 34.3 Å². The fourth-order valence-electron chi connectivity index (χ4n) is 2.04. The number of hydrogen-bond donors (Lipinski definition) is 2. The summed E-state index contributed by atoms with van der Waals surface area (Å²) in [4.78, 5) is 21.8. The highest BCUT2D eigenvalue weighted by Crippen LogP contribution is 2.23. The van der Waals surface area contributed by atoms with Crippen molar-refractivity contribution in [1.82, 2.24) is 0 Å². The van der Waals surface area contributed by atoms with Gasteiger partial charge in [-0.05, 0) is 42.5 Å². The molecule has 2 aromatic rings. The van der Waals surface area contributed by atoms with Crippen molar-refractivity contribution in [2.24, 2.45) is 0 Å². The van der Waals surface area contributed by atoms with E-state index in [1.165, 1.54) is 37.3 Å². The van der Waals surface area contributed by atoms with E-state index in [1.807, 2.05) is 0 Å². The van der Waals surface area contributed by atoms with E-state index in [1.54, 1.807) is 0 Å². The van der Waals surface area contributed by atoms with E-state index in [9.17, 15) is 23.1 Å². The van der Waals surface area contributed by atoms with Crippen LogP contribution in [0, 0.1) is 0 Å². The van der Waals surface area contributed by atoms with Gasteiger partial charge >= 0.3 is 11.9 Å². The topological polar surface area (TPSA) is 127 Å². The molecule has 0 aromatic heterocycles. The minimum Gasteiger partial charge on any atom is -0.507 e. The number of phenols is 1. The van der Waals surface area contributed by atoms with Gasteiger partial charge < -0.3 is 19.7 Å². The summed E-state index contributed by atoms with van der Waals surface area (Å²) >= 11 is 0. The van der Waals surface area contributed by atoms with Gasteiger partial charge in [0, 0.05) is 6.92 Å². The average Bonchev–Trinajstić information content (AvgIpc) is 2.56. The highest BCUT2D eigenvalue weighted by atomic mass is 32.2. The summed E-state index contributed by atoms with van der Waals surface area (Å²) in [6, 6.07) is 8.97. The van der Waals surface area contributed by atoms with E-state index in [0.717, 1.165) is 12.1 Å². The minimum absolute atomic E-state index is 0.0360. The van der Waals surface area contributed by atoms with Crippen LogP contribution in [-0.2, 0) is 14.6 Å². The fourth-order valence-corrected chi connectivity index (χ4v) is 3.13. The Morgan fingerprint density at radius 2 is 1.65 bits per heavy atom. The molecule has 0 saturated carbocycles. The van der Waals surface area contributed by atoms with Crippen molar-refractivity contribution in [3.8, 4) is 17.2 Å². The van der Waals surface area contributed by atoms with Crippen LogP contribution in [0.2, 0.25) is 0 Å². The molecule has 0 radical (unpaired) electrons. The van der Waals surface area contributed by atoms with Crippen LogP contribution in [-0.4, -0.2) is 42.9 Å². The molecule has 0 fully saturated rings. The van der Waals surface area contributed by atoms with Crippen molar-refractivity contribution in [2.45, 2.75) is 11.8 Å². The van der Waals surface area contributed by atoms with Crippen molar-refractivity contribution in [1.29, 1.82) is 0 Å². The molecule has 0 amide bonds. The predicted molar refractivity (Wildman–Crippen MR) is 90.4 cm³/mol. The Morgan fingerprint density at radius 1 is 1.04 bits per heavy atom. The molecule has 138 valence electrons. The van der Waals surface area contributed by atoms with Crippen LogP contribution in [0.15, 0.2) is 47.4 Å². The van der Waals surface area contributed by atoms with Gasteiger partial charge in [-0.15, -0.1) is 0 Å². The van der Waals surface area contributed by atoms with Gasteiger partial charge in [-0.3, -0.25) is 4.79 Å². The number of carbonyl (C=O) groups is 2. The van der Waals surface area contributed by atoms with Gasteiger partial charge in [-0.25, -0.2) is 13.2 Å². The van der Waals surface area contributed by atoms with Gasteiger partial charge in [0.05, 0.1) is 10.6 Å². The summed E-state index contributed by atoms with van der Waals surface area (Å²) in [5, 5.41) is 18.3. The quantitative estimate of drug-likeness (QED) is 0.550. The number of esters is 1. The number of ether oxygens (including phenoxy) is 2. The molecule has 0 aliphatic heterocycles. The molecule has 0 bridgehead atoms. The lowest BCUT2D eigenvalue weighted by molar-refractivity contribution is -0.131. The smallest absolute Gasteiger partial charge is 0.339 e. The number of aromatic hydroxyl groups is 1. The molecule has 2 aromatic carbocycles. The van der Waals surface area contributed by atoms with E-state index < -0.39 is 27.5 Å². The summed E-state index contributed by atoms with van der Waals surface area (Å²) in [5.74, 6) is -2.23. The van der Waals surface area contributed by atoms with Crippen LogP contribution in [0.3, 0.4) is 0 Å². The number of carboxylic acid groups (broad SMARTS) is 1. The molecule has 0 aliphatic carbocycles. The van der Waals surface area contributed by atoms with Gasteiger partial charge in [0.25, 0.3) is 0 Å². The number of aromatic carboxylic acids is 1. The summed E-state index contributed by atoms with van der Waals surface area (Å²) in [7, 11) is -3.64. The molecule has 26 heavy (non-hydrogen) atoms. The SMILES string of the molecule is CC(=O)Oc1ccc(S(=O)(=O)CCOc2ccc(O)c(C(=O)O)c2)cc1. The predicted octanol–water partition coefficient (Wildman–Crippen LogP) is 1.87. The lowest BCUT2D eigenvalue weighted by atomic mass is 10.2. The largest absolute Gasteiger partial charge is 0.507 e. The Hall–Kier alpha value is -3.07. The number of sulfone groups is 1. The van der Waals surface area contributed by atoms with Crippen molar-refractivity contribution in [3.63, 3.8) is 0 Å². The van der Waals surface area contributed by atoms with E-state index >= 15 is 0 Å². The first-order valence-corrected chi connectivity index (χ1v) is 9.04. The number of carboxylic acids is 1. The zero-order valence-corrected chi connectivity index (χ0v) is 14.5. The Morgan fingerprint density at radius 3 is 2.23 bits per heavy atom. The third-order valence-corrected chi connectivity index (χ3v) is 4.96. The molecule has 0 spiro atoms. The average molecular weight is 380 g/mol. The van der Waals surface area contributed by atoms with Crippen LogP contribution < -0.4 is 9.47 Å². The second kappa shape index (κ2) is 7.87. The number of benzene rings is 2. The van der Waals surface area contributed by atoms with Crippen LogP contribution >= 0.6 is 0 Å². The molecule has 0 saturated heterocycles. The van der Waals surface area contributed by atoms with Gasteiger partial charge in [0.2, 0.25) is 0 Å². The molecule has 0 unspecified atom stereocenters. The van der Waals surface area contributed by atoms with Crippen LogP contribution in [0.4, 0.5) is 0 Å². The van der Waals surface area contributed by atoms with Gasteiger partial charge in [0.1, 0.15) is 29.4 Å². The van der Waals surface area contributed by atoms with Gasteiger partial charge in [0.15, 0.2) is 9.84 Å². The number of rotatable bonds is 7. The molecular weight excluding hydrogens is 364 g/mol. The van der Waals surface area contributed by atoms with Crippen molar-refractivity contribution in [2.75, 3.05) is 12.4 Å². The molecular formula is C17H16O8S. The number of hydrogen-bond acceptors (Lipinski definition) is 7. The maximum atomic E-state index is 12.3. The van der Waals surface area contributed by atoms with E-state index in [2.05, 4.69) is 0 Å². The molecule has 2 N–H and O–H groups in total. The molecule has 9 heteroatoms. The maximum absolute atomic E-state index is 12.3. The van der Waals surface area contributed by atoms with Crippen molar-refractivity contribution >= 4 is 21.8 Å². The van der Waals surface area contributed by atoms with E-state index in [0.29, 0.717) is 0 Å². The standard InChI is InChI=1S/C17H16O8S/c1-11(18)25-12-2-5-14(6-3-12)26(22,23)9-8-24-13-4-7-16(19)15(10-13)17(20)21/h2-7,10,19H,8-9H2,1H3,(H,20,21). The highest BCUT2D eigenvalue weighted by Gasteiger charge is 2.16. The first-order valence-electron chi connectivity index (χ1n) is 7.39. The van der Waals surface area contributed by atoms with Gasteiger partial charge in [-0.2, -0.15) is 0 Å². The summed E-state index contributed by atoms with van der Waals surface area (Å²) in [6.07, 6.45) is 0. The third kappa shape index (κ3) is 4.96. The summed E-state index contributed by atoms with van der Waals surface area (Å²) in [5.41, 5.74) is -0.341. The minimum atomic E-state index is -3.64. The molecule has 8 nitrogen and oxygen atoms in total. The Balaban J connectivity index is 2.01. The van der Waals surface area contributed by atoms with Crippen molar-refractivity contribution in [3.05, 3.63) is 48.0 Å². The Bertz CT molecular complexity index is 916. The molecule has 2 rings (SSSR count). The van der Waals surface area contributed by atoms with E-state index in [4.69, 9.17) is 14.6 Å². The highest BCUT2D eigenvalue weighted by molar-refractivity contribution is 7.91. The van der Waals surface area contributed by atoms with Crippen LogP contribution in [0.25, 0.3) is 0 Å². The zero-order chi connectivity index (χ0) is 19.3. The first kappa shape index (κ1) is 19.3. The number of carbonyl (C=O) groups excluding carboxylic acids is 1. The lowest BCUT2D eigenvalue weighted by Gasteiger charge is -2.09. The normalized spacial score (nSPS) is 11.0. The molecule has 0 heterocycles. The third-order valence-electron chi connectivity index (χ3n) is 3.26. The second-order valence-corrected chi connectivity index (χ2v) is 7.33. The lowest BCUT2D eigenvalue weighted by Crippen LogP contribution is -2.14. The Kier molecular flexibility index (Phi) is 5.83. The van der Waals surface area contributed by atoms with Crippen molar-refractivity contribution < 1.29 is 37.7 Å². The monoisotopic (exact) mass is 380 g/mol. The Labute approximate surface area is 149 Å². The van der Waals surface area contributed by atoms with Gasteiger partial charge in [-0.1, -0.05) is 0 Å². The molecule has 0 atom stereocenters. The fraction of sp³-hybridized carbons (Fsp3) is 0.176. The molecule has 0 aliphatic rings. The van der Waals surface area contributed by atoms with Crippen LogP contribution in [0.5, 0.6) is 17.2 Å². The maximum Gasteiger partial charge on any atom is 0.339 e. The summed E-state index contributed by atoms with van der Waals surface area (Å²) in [6.45, 7) is 1.03. The second-order valence-electron chi connectivity index (χ2n) is 5.22. The first-order chi connectivity index (χ1) is 12.2. The zero-order valence-electron chi connectivity index (χ0n) is 13.7.